The van der Waals surface area contributed by atoms with E-state index in [0.29, 0.717) is 43.0 Å². The van der Waals surface area contributed by atoms with Crippen LogP contribution >= 0.6 is 11.3 Å². The minimum atomic E-state index is -1.21. The van der Waals surface area contributed by atoms with Crippen molar-refractivity contribution in [2.45, 2.75) is 49.7 Å². The highest BCUT2D eigenvalue weighted by Gasteiger charge is 2.47. The molecule has 4 aliphatic rings. The number of hydrogen-bond acceptors (Lipinski definition) is 12. The SMILES string of the molecule is C=Nc1sc2c(F)c(F)cc(-c3ncc4c(N(C)CC5(N(C)C)CCC5)nc(OCC5(CN6C7CCC6COC7)COC5)nc4c3F)c2c1C#N. The minimum Gasteiger partial charge on any atom is -0.463 e. The largest absolute Gasteiger partial charge is 0.463 e. The Labute approximate surface area is 297 Å². The Morgan fingerprint density at radius 1 is 1.12 bits per heavy atom. The molecule has 6 heterocycles. The number of hydrogen-bond donors (Lipinski definition) is 0. The topological polar surface area (TPSA) is 112 Å². The summed E-state index contributed by atoms with van der Waals surface area (Å²) >= 11 is 0.771. The van der Waals surface area contributed by atoms with Crippen LogP contribution in [0.25, 0.3) is 32.2 Å². The Kier molecular flexibility index (Phi) is 8.66. The quantitative estimate of drug-likeness (QED) is 0.179. The smallest absolute Gasteiger partial charge is 0.319 e. The monoisotopic (exact) mass is 720 g/mol. The Morgan fingerprint density at radius 3 is 2.47 bits per heavy atom. The molecule has 4 aromatic rings. The number of likely N-dealkylation sites (N-methyl/N-ethyl adjacent to an activating group) is 2. The molecule has 1 saturated carbocycles. The second-order valence-electron chi connectivity index (χ2n) is 14.7. The lowest BCUT2D eigenvalue weighted by atomic mass is 9.75. The molecule has 51 heavy (non-hydrogen) atoms. The van der Waals surface area contributed by atoms with Crippen molar-refractivity contribution < 1.29 is 27.4 Å². The Bertz CT molecular complexity index is 2060. The van der Waals surface area contributed by atoms with E-state index in [-0.39, 0.29) is 61.0 Å². The van der Waals surface area contributed by atoms with Gasteiger partial charge >= 0.3 is 6.01 Å². The van der Waals surface area contributed by atoms with E-state index in [2.05, 4.69) is 45.6 Å². The van der Waals surface area contributed by atoms with Crippen LogP contribution in [0.5, 0.6) is 6.01 Å². The van der Waals surface area contributed by atoms with Crippen molar-refractivity contribution in [1.82, 2.24) is 24.8 Å². The summed E-state index contributed by atoms with van der Waals surface area (Å²) in [5.74, 6) is -2.79. The predicted molar refractivity (Wildman–Crippen MR) is 189 cm³/mol. The lowest BCUT2D eigenvalue weighted by Crippen LogP contribution is -2.58. The summed E-state index contributed by atoms with van der Waals surface area (Å²) in [5, 5.41) is 10.4. The number of anilines is 1. The molecule has 3 aliphatic heterocycles. The van der Waals surface area contributed by atoms with Crippen LogP contribution < -0.4 is 9.64 Å². The highest BCUT2D eigenvalue weighted by Crippen LogP contribution is 2.46. The van der Waals surface area contributed by atoms with Gasteiger partial charge in [0.2, 0.25) is 0 Å². The zero-order valence-electron chi connectivity index (χ0n) is 28.8. The number of nitrogens with zero attached hydrogens (tertiary/aromatic N) is 8. The summed E-state index contributed by atoms with van der Waals surface area (Å²) in [6, 6.07) is 3.60. The summed E-state index contributed by atoms with van der Waals surface area (Å²) in [7, 11) is 6.02. The minimum absolute atomic E-state index is 0.00837. The van der Waals surface area contributed by atoms with Gasteiger partial charge in [0.15, 0.2) is 17.5 Å². The molecular weight excluding hydrogens is 682 g/mol. The Balaban J connectivity index is 1.21. The predicted octanol–water partition coefficient (Wildman–Crippen LogP) is 5.71. The van der Waals surface area contributed by atoms with Crippen LogP contribution in [-0.4, -0.2) is 116 Å². The van der Waals surface area contributed by atoms with Crippen molar-refractivity contribution in [3.05, 3.63) is 35.3 Å². The molecule has 2 atom stereocenters. The van der Waals surface area contributed by atoms with E-state index >= 15 is 13.2 Å². The van der Waals surface area contributed by atoms with Gasteiger partial charge in [0.05, 0.1) is 47.5 Å². The van der Waals surface area contributed by atoms with Crippen LogP contribution in [-0.2, 0) is 9.47 Å². The molecule has 0 radical (unpaired) electrons. The number of aliphatic imine (C=N–C) groups is 1. The Hall–Kier alpha value is -3.94. The number of benzene rings is 1. The maximum Gasteiger partial charge on any atom is 0.319 e. The molecule has 3 saturated heterocycles. The summed E-state index contributed by atoms with van der Waals surface area (Å²) in [6.45, 7) is 7.62. The number of halogens is 3. The van der Waals surface area contributed by atoms with Gasteiger partial charge in [0, 0.05) is 54.9 Å². The van der Waals surface area contributed by atoms with E-state index in [1.54, 1.807) is 0 Å². The molecule has 0 amide bonds. The second kappa shape index (κ2) is 12.9. The molecule has 1 aromatic carbocycles. The Morgan fingerprint density at radius 2 is 1.86 bits per heavy atom. The van der Waals surface area contributed by atoms with Crippen molar-refractivity contribution in [2.75, 3.05) is 72.2 Å². The first-order chi connectivity index (χ1) is 24.6. The van der Waals surface area contributed by atoms with Crippen LogP contribution in [0.3, 0.4) is 0 Å². The highest BCUT2D eigenvalue weighted by atomic mass is 32.1. The second-order valence-corrected chi connectivity index (χ2v) is 15.7. The number of morpholine rings is 1. The van der Waals surface area contributed by atoms with Gasteiger partial charge < -0.3 is 24.0 Å². The number of aromatic nitrogens is 3. The molecule has 2 bridgehead atoms. The summed E-state index contributed by atoms with van der Waals surface area (Å²) in [4.78, 5) is 24.4. The van der Waals surface area contributed by atoms with E-state index in [4.69, 9.17) is 19.2 Å². The average molecular weight is 721 g/mol. The highest BCUT2D eigenvalue weighted by molar-refractivity contribution is 7.23. The van der Waals surface area contributed by atoms with Crippen LogP contribution in [0.1, 0.15) is 37.7 Å². The van der Waals surface area contributed by atoms with Crippen molar-refractivity contribution >= 4 is 49.9 Å². The van der Waals surface area contributed by atoms with Crippen molar-refractivity contribution in [3.63, 3.8) is 0 Å². The number of thiophene rings is 1. The third-order valence-corrected chi connectivity index (χ3v) is 12.5. The van der Waals surface area contributed by atoms with Gasteiger partial charge in [-0.15, -0.1) is 11.3 Å². The first-order valence-corrected chi connectivity index (χ1v) is 18.0. The van der Waals surface area contributed by atoms with Gasteiger partial charge in [-0.25, -0.2) is 13.2 Å². The zero-order chi connectivity index (χ0) is 35.7. The lowest BCUT2D eigenvalue weighted by Gasteiger charge is -2.49. The number of nitriles is 1. The zero-order valence-corrected chi connectivity index (χ0v) is 29.7. The fourth-order valence-electron chi connectivity index (χ4n) is 8.20. The molecule has 2 unspecified atom stereocenters. The summed E-state index contributed by atoms with van der Waals surface area (Å²) in [5.41, 5.74) is -0.864. The maximum atomic E-state index is 17.0. The number of rotatable bonds is 11. The van der Waals surface area contributed by atoms with E-state index in [1.165, 1.54) is 6.20 Å². The molecule has 268 valence electrons. The van der Waals surface area contributed by atoms with Crippen LogP contribution in [0.2, 0.25) is 0 Å². The average Bonchev–Trinajstić information content (AvgIpc) is 3.56. The number of fused-ring (bicyclic) bond motifs is 4. The van der Waals surface area contributed by atoms with E-state index in [0.717, 1.165) is 69.3 Å². The fraction of sp³-hybridized carbons (Fsp3) is 0.528. The third kappa shape index (κ3) is 5.63. The van der Waals surface area contributed by atoms with Crippen LogP contribution in [0, 0.1) is 34.2 Å². The fourth-order valence-corrected chi connectivity index (χ4v) is 9.21. The van der Waals surface area contributed by atoms with Crippen molar-refractivity contribution in [1.29, 1.82) is 5.26 Å². The third-order valence-electron chi connectivity index (χ3n) is 11.4. The molecule has 3 aromatic heterocycles. The normalized spacial score (nSPS) is 22.2. The van der Waals surface area contributed by atoms with Gasteiger partial charge in [-0.05, 0) is 59.0 Å². The number of ether oxygens (including phenoxy) is 3. The van der Waals surface area contributed by atoms with E-state index < -0.39 is 17.5 Å². The lowest BCUT2D eigenvalue weighted by molar-refractivity contribution is -0.158. The molecular formula is C36H39F3N8O3S. The first-order valence-electron chi connectivity index (χ1n) is 17.2. The van der Waals surface area contributed by atoms with Crippen molar-refractivity contribution in [3.8, 4) is 23.3 Å². The number of pyridine rings is 1. The summed E-state index contributed by atoms with van der Waals surface area (Å²) in [6.07, 6.45) is 6.78. The van der Waals surface area contributed by atoms with Crippen LogP contribution in [0.4, 0.5) is 24.0 Å². The maximum absolute atomic E-state index is 17.0. The van der Waals surface area contributed by atoms with Gasteiger partial charge in [0.1, 0.15) is 34.7 Å². The molecule has 4 fully saturated rings. The molecule has 15 heteroatoms. The molecule has 0 spiro atoms. The van der Waals surface area contributed by atoms with E-state index in [9.17, 15) is 5.26 Å². The van der Waals surface area contributed by atoms with Gasteiger partial charge in [0.25, 0.3) is 0 Å². The molecule has 8 rings (SSSR count). The first kappa shape index (κ1) is 34.2. The van der Waals surface area contributed by atoms with Gasteiger partial charge in [-0.2, -0.15) is 15.2 Å². The van der Waals surface area contributed by atoms with Crippen molar-refractivity contribution in [2.24, 2.45) is 10.4 Å². The van der Waals surface area contributed by atoms with Gasteiger partial charge in [-0.3, -0.25) is 14.9 Å². The molecule has 1 aliphatic carbocycles. The molecule has 0 N–H and O–H groups in total. The summed E-state index contributed by atoms with van der Waals surface area (Å²) < 4.78 is 64.7. The van der Waals surface area contributed by atoms with Gasteiger partial charge in [-0.1, -0.05) is 0 Å². The van der Waals surface area contributed by atoms with Crippen LogP contribution in [0.15, 0.2) is 17.3 Å². The molecule has 11 nitrogen and oxygen atoms in total. The van der Waals surface area contributed by atoms with E-state index in [1.807, 2.05) is 18.0 Å². The standard InChI is InChI=1S/C36H39F3N8O3S/c1-41-33-23(11-40)26-22(10-25(37)27(38)31(26)51-33)29-28(39)30-24(12-42-29)32(46(4)16-36(45(2)3)8-5-9-36)44-34(43-30)50-19-35(17-49-18-35)15-47-20-6-7-21(47)14-48-13-20/h10,12,20-21H,1,5-9,13-19H2,2-4H3.